The van der Waals surface area contributed by atoms with Crippen molar-refractivity contribution in [3.8, 4) is 11.3 Å². The normalized spacial score (nSPS) is 10.9. The van der Waals surface area contributed by atoms with Crippen LogP contribution in [0.1, 0.15) is 5.56 Å². The number of hydrogen-bond acceptors (Lipinski definition) is 3. The third kappa shape index (κ3) is 2.38. The molecule has 3 rings (SSSR count). The summed E-state index contributed by atoms with van der Waals surface area (Å²) in [5.41, 5.74) is 5.22. The molecule has 0 unspecified atom stereocenters. The van der Waals surface area contributed by atoms with Crippen LogP contribution in [0.25, 0.3) is 16.9 Å². The quantitative estimate of drug-likeness (QED) is 0.789. The van der Waals surface area contributed by atoms with Gasteiger partial charge in [0.05, 0.1) is 12.3 Å². The van der Waals surface area contributed by atoms with Crippen molar-refractivity contribution >= 4 is 11.3 Å². The Labute approximate surface area is 118 Å². The van der Waals surface area contributed by atoms with Gasteiger partial charge in [-0.05, 0) is 17.7 Å². The molecule has 2 heterocycles. The molecule has 0 saturated heterocycles. The zero-order valence-electron chi connectivity index (χ0n) is 11.6. The molecule has 0 aliphatic rings. The van der Waals surface area contributed by atoms with Gasteiger partial charge in [0.2, 0.25) is 0 Å². The van der Waals surface area contributed by atoms with Crippen molar-refractivity contribution in [3.05, 3.63) is 54.4 Å². The smallest absolute Gasteiger partial charge is 0.139 e. The lowest BCUT2D eigenvalue weighted by Gasteiger charge is -2.01. The van der Waals surface area contributed by atoms with E-state index >= 15 is 0 Å². The summed E-state index contributed by atoms with van der Waals surface area (Å²) in [6.07, 6.45) is 4.05. The molecule has 0 radical (unpaired) electrons. The van der Waals surface area contributed by atoms with Crippen LogP contribution in [0, 0.1) is 0 Å². The minimum Gasteiger partial charge on any atom is -0.388 e. The molecule has 102 valence electrons. The van der Waals surface area contributed by atoms with Gasteiger partial charge in [0, 0.05) is 43.9 Å². The largest absolute Gasteiger partial charge is 0.388 e. The molecule has 0 saturated carbocycles. The van der Waals surface area contributed by atoms with Gasteiger partial charge < -0.3 is 14.5 Å². The van der Waals surface area contributed by atoms with E-state index < -0.39 is 0 Å². The average Bonchev–Trinajstić information content (AvgIpc) is 2.90. The Kier molecular flexibility index (Phi) is 3.39. The van der Waals surface area contributed by atoms with E-state index in [1.54, 1.807) is 7.11 Å². The molecule has 4 heteroatoms. The fourth-order valence-corrected chi connectivity index (χ4v) is 2.26. The van der Waals surface area contributed by atoms with Gasteiger partial charge in [0.1, 0.15) is 5.65 Å². The topological polar surface area (TPSA) is 38.6 Å². The Morgan fingerprint density at radius 3 is 2.95 bits per heavy atom. The van der Waals surface area contributed by atoms with Crippen LogP contribution in [0.4, 0.5) is 5.69 Å². The number of methoxy groups -OCH3 is 1. The Balaban J connectivity index is 2.03. The lowest BCUT2D eigenvalue weighted by Crippen LogP contribution is -1.89. The summed E-state index contributed by atoms with van der Waals surface area (Å²) in [5, 5.41) is 3.12. The standard InChI is InChI=1S/C16H17N3O/c1-17-14-6-7-19-10-15(18-16(19)9-14)13-5-3-4-12(8-13)11-20-2/h3-10,17H,11H2,1-2H3. The molecule has 2 aromatic heterocycles. The highest BCUT2D eigenvalue weighted by Crippen LogP contribution is 2.22. The summed E-state index contributed by atoms with van der Waals surface area (Å²) in [5.74, 6) is 0. The third-order valence-corrected chi connectivity index (χ3v) is 3.28. The fourth-order valence-electron chi connectivity index (χ4n) is 2.26. The number of nitrogens with zero attached hydrogens (tertiary/aromatic N) is 2. The van der Waals surface area contributed by atoms with E-state index in [1.807, 2.05) is 42.0 Å². The monoisotopic (exact) mass is 267 g/mol. The number of aromatic nitrogens is 2. The Hall–Kier alpha value is -2.33. The Morgan fingerprint density at radius 1 is 1.25 bits per heavy atom. The van der Waals surface area contributed by atoms with Crippen molar-refractivity contribution in [1.82, 2.24) is 9.38 Å². The number of nitrogens with one attached hydrogen (secondary N) is 1. The van der Waals surface area contributed by atoms with Gasteiger partial charge in [0.15, 0.2) is 0 Å². The van der Waals surface area contributed by atoms with Crippen LogP contribution < -0.4 is 5.32 Å². The molecule has 0 bridgehead atoms. The number of fused-ring (bicyclic) bond motifs is 1. The summed E-state index contributed by atoms with van der Waals surface area (Å²) in [7, 11) is 3.61. The Morgan fingerprint density at radius 2 is 2.15 bits per heavy atom. The molecule has 1 N–H and O–H groups in total. The first-order valence-electron chi connectivity index (χ1n) is 6.55. The first-order valence-corrected chi connectivity index (χ1v) is 6.55. The molecule has 20 heavy (non-hydrogen) atoms. The summed E-state index contributed by atoms with van der Waals surface area (Å²) in [6, 6.07) is 12.3. The van der Waals surface area contributed by atoms with Crippen LogP contribution >= 0.6 is 0 Å². The molecule has 1 aromatic carbocycles. The van der Waals surface area contributed by atoms with Crippen LogP contribution in [0.2, 0.25) is 0 Å². The predicted molar refractivity (Wildman–Crippen MR) is 80.9 cm³/mol. The lowest BCUT2D eigenvalue weighted by molar-refractivity contribution is 0.185. The number of anilines is 1. The summed E-state index contributed by atoms with van der Waals surface area (Å²) < 4.78 is 7.20. The zero-order chi connectivity index (χ0) is 13.9. The predicted octanol–water partition coefficient (Wildman–Crippen LogP) is 3.19. The molecule has 0 atom stereocenters. The molecule has 0 aliphatic carbocycles. The summed E-state index contributed by atoms with van der Waals surface area (Å²) >= 11 is 0. The van der Waals surface area contributed by atoms with Crippen molar-refractivity contribution in [3.63, 3.8) is 0 Å². The maximum absolute atomic E-state index is 5.17. The number of rotatable bonds is 4. The minimum absolute atomic E-state index is 0.616. The lowest BCUT2D eigenvalue weighted by atomic mass is 10.1. The van der Waals surface area contributed by atoms with Crippen molar-refractivity contribution in [1.29, 1.82) is 0 Å². The number of ether oxygens (including phenoxy) is 1. The van der Waals surface area contributed by atoms with Gasteiger partial charge in [-0.2, -0.15) is 0 Å². The average molecular weight is 267 g/mol. The van der Waals surface area contributed by atoms with E-state index in [9.17, 15) is 0 Å². The number of pyridine rings is 1. The van der Waals surface area contributed by atoms with Gasteiger partial charge in [-0.15, -0.1) is 0 Å². The van der Waals surface area contributed by atoms with Gasteiger partial charge in [-0.1, -0.05) is 18.2 Å². The summed E-state index contributed by atoms with van der Waals surface area (Å²) in [4.78, 5) is 4.67. The van der Waals surface area contributed by atoms with E-state index in [1.165, 1.54) is 0 Å². The van der Waals surface area contributed by atoms with Crippen LogP contribution in [0.5, 0.6) is 0 Å². The minimum atomic E-state index is 0.616. The maximum Gasteiger partial charge on any atom is 0.139 e. The highest BCUT2D eigenvalue weighted by atomic mass is 16.5. The molecular weight excluding hydrogens is 250 g/mol. The van der Waals surface area contributed by atoms with Gasteiger partial charge in [-0.3, -0.25) is 0 Å². The van der Waals surface area contributed by atoms with Crippen LogP contribution in [-0.2, 0) is 11.3 Å². The molecule has 0 spiro atoms. The number of benzene rings is 1. The van der Waals surface area contributed by atoms with E-state index in [4.69, 9.17) is 4.74 Å². The molecular formula is C16H17N3O. The molecule has 0 amide bonds. The van der Waals surface area contributed by atoms with E-state index in [0.29, 0.717) is 6.61 Å². The highest BCUT2D eigenvalue weighted by Gasteiger charge is 2.05. The van der Waals surface area contributed by atoms with E-state index in [2.05, 4.69) is 28.5 Å². The Bertz CT molecular complexity index is 733. The zero-order valence-corrected chi connectivity index (χ0v) is 11.6. The summed E-state index contributed by atoms with van der Waals surface area (Å²) in [6.45, 7) is 0.616. The number of imidazole rings is 1. The van der Waals surface area contributed by atoms with E-state index in [0.717, 1.165) is 28.2 Å². The second-order valence-corrected chi connectivity index (χ2v) is 4.69. The van der Waals surface area contributed by atoms with Crippen molar-refractivity contribution in [2.45, 2.75) is 6.61 Å². The van der Waals surface area contributed by atoms with Crippen LogP contribution in [0.3, 0.4) is 0 Å². The molecule has 3 aromatic rings. The number of hydrogen-bond donors (Lipinski definition) is 1. The SMILES string of the molecule is CNc1ccn2cc(-c3cccc(COC)c3)nc2c1. The van der Waals surface area contributed by atoms with Gasteiger partial charge >= 0.3 is 0 Å². The maximum atomic E-state index is 5.17. The highest BCUT2D eigenvalue weighted by molar-refractivity contribution is 5.65. The van der Waals surface area contributed by atoms with Gasteiger partial charge in [0.25, 0.3) is 0 Å². The third-order valence-electron chi connectivity index (χ3n) is 3.28. The second-order valence-electron chi connectivity index (χ2n) is 4.69. The van der Waals surface area contributed by atoms with Crippen LogP contribution in [-0.4, -0.2) is 23.5 Å². The van der Waals surface area contributed by atoms with Crippen molar-refractivity contribution in [2.24, 2.45) is 0 Å². The molecule has 4 nitrogen and oxygen atoms in total. The van der Waals surface area contributed by atoms with E-state index in [-0.39, 0.29) is 0 Å². The van der Waals surface area contributed by atoms with Gasteiger partial charge in [-0.25, -0.2) is 4.98 Å². The fraction of sp³-hybridized carbons (Fsp3) is 0.188. The first kappa shape index (κ1) is 12.7. The van der Waals surface area contributed by atoms with Crippen molar-refractivity contribution < 1.29 is 4.74 Å². The van der Waals surface area contributed by atoms with Crippen LogP contribution in [0.15, 0.2) is 48.8 Å². The second kappa shape index (κ2) is 5.35. The molecule has 0 fully saturated rings. The molecule has 0 aliphatic heterocycles. The first-order chi connectivity index (χ1) is 9.80. The van der Waals surface area contributed by atoms with Crippen molar-refractivity contribution in [2.75, 3.05) is 19.5 Å².